The summed E-state index contributed by atoms with van der Waals surface area (Å²) in [6.45, 7) is 2.11. The van der Waals surface area contributed by atoms with Gasteiger partial charge in [-0.2, -0.15) is 0 Å². The fourth-order valence-electron chi connectivity index (χ4n) is 2.38. The molecule has 0 spiro atoms. The third kappa shape index (κ3) is 1.55. The zero-order valence-electron chi connectivity index (χ0n) is 9.06. The molecule has 84 valence electrons. The first kappa shape index (κ1) is 9.66. The van der Waals surface area contributed by atoms with Crippen LogP contribution in [0.4, 0.5) is 0 Å². The number of nitrogens with zero attached hydrogens (tertiary/aromatic N) is 2. The highest BCUT2D eigenvalue weighted by Crippen LogP contribution is 2.25. The fraction of sp³-hybridized carbons (Fsp3) is 0.417. The second kappa shape index (κ2) is 3.79. The van der Waals surface area contributed by atoms with E-state index < -0.39 is 0 Å². The van der Waals surface area contributed by atoms with Crippen LogP contribution in [-0.4, -0.2) is 27.6 Å². The zero-order valence-corrected chi connectivity index (χ0v) is 9.06. The van der Waals surface area contributed by atoms with Gasteiger partial charge in [0.15, 0.2) is 0 Å². The van der Waals surface area contributed by atoms with Crippen LogP contribution < -0.4 is 5.32 Å². The number of fused-ring (bicyclic) bond motifs is 1. The molecule has 3 rings (SSSR count). The maximum Gasteiger partial charge on any atom is 0.132 e. The first-order valence-electron chi connectivity index (χ1n) is 5.71. The van der Waals surface area contributed by atoms with Crippen LogP contribution in [0.3, 0.4) is 0 Å². The van der Waals surface area contributed by atoms with Crippen molar-refractivity contribution in [3.63, 3.8) is 0 Å². The van der Waals surface area contributed by atoms with Gasteiger partial charge in [0, 0.05) is 5.92 Å². The Kier molecular flexibility index (Phi) is 2.29. The summed E-state index contributed by atoms with van der Waals surface area (Å²) in [5.41, 5.74) is 1.05. The van der Waals surface area contributed by atoms with Crippen LogP contribution in [0, 0.1) is 0 Å². The van der Waals surface area contributed by atoms with E-state index in [-0.39, 0.29) is 0 Å². The molecule has 4 heteroatoms. The second-order valence-corrected chi connectivity index (χ2v) is 4.32. The van der Waals surface area contributed by atoms with Crippen molar-refractivity contribution in [1.29, 1.82) is 0 Å². The van der Waals surface area contributed by atoms with Gasteiger partial charge in [-0.05, 0) is 38.1 Å². The van der Waals surface area contributed by atoms with Gasteiger partial charge in [-0.25, -0.2) is 4.98 Å². The second-order valence-electron chi connectivity index (χ2n) is 4.32. The van der Waals surface area contributed by atoms with Crippen LogP contribution >= 0.6 is 0 Å². The average molecular weight is 217 g/mol. The number of aromatic hydroxyl groups is 1. The minimum atomic E-state index is 0.292. The minimum absolute atomic E-state index is 0.292. The van der Waals surface area contributed by atoms with Gasteiger partial charge in [-0.15, -0.1) is 0 Å². The van der Waals surface area contributed by atoms with Crippen molar-refractivity contribution in [2.75, 3.05) is 13.1 Å². The normalized spacial score (nSPS) is 18.0. The number of piperidine rings is 1. The minimum Gasteiger partial charge on any atom is -0.506 e. The maximum absolute atomic E-state index is 9.51. The van der Waals surface area contributed by atoms with Gasteiger partial charge in [0.2, 0.25) is 0 Å². The van der Waals surface area contributed by atoms with Crippen LogP contribution in [0.1, 0.15) is 24.6 Å². The number of nitrogens with one attached hydrogen (secondary N) is 1. The Bertz CT molecular complexity index is 500. The van der Waals surface area contributed by atoms with Crippen molar-refractivity contribution >= 4 is 5.52 Å². The van der Waals surface area contributed by atoms with Crippen molar-refractivity contribution in [2.24, 2.45) is 0 Å². The summed E-state index contributed by atoms with van der Waals surface area (Å²) in [6.07, 6.45) is 5.86. The van der Waals surface area contributed by atoms with Crippen molar-refractivity contribution in [3.05, 3.63) is 30.4 Å². The Morgan fingerprint density at radius 1 is 1.31 bits per heavy atom. The highest BCUT2D eigenvalue weighted by molar-refractivity contribution is 5.48. The van der Waals surface area contributed by atoms with E-state index in [4.69, 9.17) is 0 Å². The van der Waals surface area contributed by atoms with Crippen molar-refractivity contribution < 1.29 is 5.11 Å². The Morgan fingerprint density at radius 3 is 2.94 bits per heavy atom. The molecule has 0 radical (unpaired) electrons. The lowest BCUT2D eigenvalue weighted by molar-refractivity contribution is 0.441. The molecule has 0 saturated carbocycles. The standard InChI is InChI=1S/C12H15N3O/c16-11-2-1-10-7-14-12(15(10)8-11)9-3-5-13-6-4-9/h1-2,7-9,13,16H,3-6H2. The highest BCUT2D eigenvalue weighted by Gasteiger charge is 2.19. The molecule has 0 aliphatic carbocycles. The molecule has 0 amide bonds. The lowest BCUT2D eigenvalue weighted by Gasteiger charge is -2.21. The first-order chi connectivity index (χ1) is 7.84. The summed E-state index contributed by atoms with van der Waals surface area (Å²) in [6, 6.07) is 3.59. The van der Waals surface area contributed by atoms with E-state index in [0.29, 0.717) is 11.7 Å². The fourth-order valence-corrected chi connectivity index (χ4v) is 2.38. The van der Waals surface area contributed by atoms with Gasteiger partial charge in [-0.3, -0.25) is 4.40 Å². The van der Waals surface area contributed by atoms with Gasteiger partial charge in [0.25, 0.3) is 0 Å². The summed E-state index contributed by atoms with van der Waals surface area (Å²) in [7, 11) is 0. The Morgan fingerprint density at radius 2 is 2.12 bits per heavy atom. The number of hydrogen-bond acceptors (Lipinski definition) is 3. The number of rotatable bonds is 1. The molecule has 0 atom stereocenters. The third-order valence-electron chi connectivity index (χ3n) is 3.24. The lowest BCUT2D eigenvalue weighted by atomic mass is 9.97. The molecule has 2 aromatic heterocycles. The van der Waals surface area contributed by atoms with E-state index in [1.54, 1.807) is 12.3 Å². The van der Waals surface area contributed by atoms with Crippen molar-refractivity contribution in [3.8, 4) is 5.75 Å². The highest BCUT2D eigenvalue weighted by atomic mass is 16.3. The molecular formula is C12H15N3O. The van der Waals surface area contributed by atoms with Gasteiger partial charge < -0.3 is 10.4 Å². The maximum atomic E-state index is 9.51. The predicted octanol–water partition coefficient (Wildman–Crippen LogP) is 1.51. The molecular weight excluding hydrogens is 202 g/mol. The molecule has 1 aliphatic heterocycles. The number of imidazole rings is 1. The summed E-state index contributed by atoms with van der Waals surface area (Å²) in [4.78, 5) is 4.48. The third-order valence-corrected chi connectivity index (χ3v) is 3.24. The van der Waals surface area contributed by atoms with E-state index in [9.17, 15) is 5.11 Å². The zero-order chi connectivity index (χ0) is 11.0. The average Bonchev–Trinajstić information content (AvgIpc) is 2.73. The summed E-state index contributed by atoms with van der Waals surface area (Å²) < 4.78 is 2.01. The molecule has 1 aliphatic rings. The largest absolute Gasteiger partial charge is 0.506 e. The van der Waals surface area contributed by atoms with E-state index >= 15 is 0 Å². The van der Waals surface area contributed by atoms with Crippen molar-refractivity contribution in [2.45, 2.75) is 18.8 Å². The SMILES string of the molecule is Oc1ccc2cnc(C3CCNCC3)n2c1. The van der Waals surface area contributed by atoms with Gasteiger partial charge >= 0.3 is 0 Å². The predicted molar refractivity (Wildman–Crippen MR) is 61.7 cm³/mol. The summed E-state index contributed by atoms with van der Waals surface area (Å²) in [5, 5.41) is 12.9. The lowest BCUT2D eigenvalue weighted by Crippen LogP contribution is -2.27. The van der Waals surface area contributed by atoms with Crippen LogP contribution in [0.25, 0.3) is 5.52 Å². The van der Waals surface area contributed by atoms with Gasteiger partial charge in [0.1, 0.15) is 11.6 Å². The van der Waals surface area contributed by atoms with Crippen LogP contribution in [-0.2, 0) is 0 Å². The molecule has 1 fully saturated rings. The molecule has 4 nitrogen and oxygen atoms in total. The van der Waals surface area contributed by atoms with Gasteiger partial charge in [-0.1, -0.05) is 0 Å². The summed E-state index contributed by atoms with van der Waals surface area (Å²) >= 11 is 0. The summed E-state index contributed by atoms with van der Waals surface area (Å²) in [5.74, 6) is 1.87. The van der Waals surface area contributed by atoms with E-state index in [1.807, 2.05) is 16.7 Å². The van der Waals surface area contributed by atoms with E-state index in [2.05, 4.69) is 10.3 Å². The van der Waals surface area contributed by atoms with Crippen LogP contribution in [0.2, 0.25) is 0 Å². The molecule has 2 aromatic rings. The van der Waals surface area contributed by atoms with Crippen molar-refractivity contribution in [1.82, 2.24) is 14.7 Å². The molecule has 3 heterocycles. The topological polar surface area (TPSA) is 49.6 Å². The number of aromatic nitrogens is 2. The van der Waals surface area contributed by atoms with E-state index in [0.717, 1.165) is 37.3 Å². The quantitative estimate of drug-likeness (QED) is 0.761. The van der Waals surface area contributed by atoms with E-state index in [1.165, 1.54) is 0 Å². The van der Waals surface area contributed by atoms with Crippen LogP contribution in [0.15, 0.2) is 24.5 Å². The first-order valence-corrected chi connectivity index (χ1v) is 5.71. The smallest absolute Gasteiger partial charge is 0.132 e. The van der Waals surface area contributed by atoms with Gasteiger partial charge in [0.05, 0.1) is 17.9 Å². The van der Waals surface area contributed by atoms with Crippen LogP contribution in [0.5, 0.6) is 5.75 Å². The Labute approximate surface area is 93.9 Å². The number of hydrogen-bond donors (Lipinski definition) is 2. The molecule has 1 saturated heterocycles. The molecule has 0 unspecified atom stereocenters. The Balaban J connectivity index is 2.05. The molecule has 2 N–H and O–H groups in total. The Hall–Kier alpha value is -1.55. The molecule has 0 bridgehead atoms. The monoisotopic (exact) mass is 217 g/mol. The molecule has 0 aromatic carbocycles. The molecule has 16 heavy (non-hydrogen) atoms. The number of pyridine rings is 1.